The molecule has 0 heteroatoms. The van der Waals surface area contributed by atoms with Crippen LogP contribution in [0.3, 0.4) is 0 Å². The van der Waals surface area contributed by atoms with Crippen LogP contribution in [-0.4, -0.2) is 0 Å². The van der Waals surface area contributed by atoms with Crippen molar-refractivity contribution in [2.75, 3.05) is 0 Å². The lowest BCUT2D eigenvalue weighted by Crippen LogP contribution is -2.55. The van der Waals surface area contributed by atoms with Gasteiger partial charge in [0.15, 0.2) is 0 Å². The molecule has 0 heterocycles. The molecule has 4 aliphatic carbocycles. The second kappa shape index (κ2) is 3.93. The molecule has 0 amide bonds. The molecule has 0 radical (unpaired) electrons. The molecule has 112 valence electrons. The average Bonchev–Trinajstić information content (AvgIpc) is 2.58. The van der Waals surface area contributed by atoms with Gasteiger partial charge in [-0.2, -0.15) is 0 Å². The van der Waals surface area contributed by atoms with Gasteiger partial charge in [0.2, 0.25) is 0 Å². The van der Waals surface area contributed by atoms with E-state index in [1.807, 2.05) is 0 Å². The Morgan fingerprint density at radius 1 is 0.950 bits per heavy atom. The Balaban J connectivity index is 1.74. The van der Waals surface area contributed by atoms with Crippen molar-refractivity contribution in [3.63, 3.8) is 0 Å². The van der Waals surface area contributed by atoms with Crippen LogP contribution >= 0.6 is 0 Å². The molecule has 0 aliphatic heterocycles. The third kappa shape index (κ3) is 1.54. The minimum absolute atomic E-state index is 0.584. The molecule has 0 aromatic heterocycles. The van der Waals surface area contributed by atoms with Gasteiger partial charge in [-0.3, -0.25) is 0 Å². The molecule has 4 aliphatic rings. The molecule has 20 heavy (non-hydrogen) atoms. The van der Waals surface area contributed by atoms with Crippen LogP contribution in [0.25, 0.3) is 0 Å². The van der Waals surface area contributed by atoms with Crippen LogP contribution < -0.4 is 0 Å². The highest BCUT2D eigenvalue weighted by Gasteiger charge is 2.62. The van der Waals surface area contributed by atoms with Crippen LogP contribution in [0, 0.1) is 34.0 Å². The van der Waals surface area contributed by atoms with Crippen LogP contribution in [0.15, 0.2) is 12.2 Å². The summed E-state index contributed by atoms with van der Waals surface area (Å²) in [5.74, 6) is 2.87. The van der Waals surface area contributed by atoms with Crippen molar-refractivity contribution >= 4 is 0 Å². The van der Waals surface area contributed by atoms with E-state index < -0.39 is 0 Å². The van der Waals surface area contributed by atoms with Crippen LogP contribution in [0.2, 0.25) is 0 Å². The summed E-state index contributed by atoms with van der Waals surface area (Å²) < 4.78 is 0. The van der Waals surface area contributed by atoms with Crippen LogP contribution in [0.1, 0.15) is 78.6 Å². The zero-order chi connectivity index (χ0) is 14.2. The topological polar surface area (TPSA) is 0 Å². The van der Waals surface area contributed by atoms with Crippen LogP contribution in [-0.2, 0) is 0 Å². The Kier molecular flexibility index (Phi) is 2.63. The van der Waals surface area contributed by atoms with Gasteiger partial charge in [0.25, 0.3) is 0 Å². The minimum atomic E-state index is 0.584. The molecule has 1 spiro atoms. The van der Waals surface area contributed by atoms with E-state index in [0.29, 0.717) is 16.2 Å². The Bertz CT molecular complexity index is 445. The van der Waals surface area contributed by atoms with Crippen molar-refractivity contribution in [2.45, 2.75) is 78.6 Å². The van der Waals surface area contributed by atoms with E-state index in [2.05, 4.69) is 27.4 Å². The minimum Gasteiger partial charge on any atom is -0.0996 e. The van der Waals surface area contributed by atoms with Gasteiger partial charge in [-0.05, 0) is 85.4 Å². The quantitative estimate of drug-likeness (QED) is 0.476. The molecule has 0 aromatic carbocycles. The molecule has 0 N–H and O–H groups in total. The monoisotopic (exact) mass is 272 g/mol. The van der Waals surface area contributed by atoms with Gasteiger partial charge in [0.1, 0.15) is 0 Å². The van der Waals surface area contributed by atoms with E-state index in [1.54, 1.807) is 5.57 Å². The molecule has 0 unspecified atom stereocenters. The van der Waals surface area contributed by atoms with E-state index in [9.17, 15) is 0 Å². The van der Waals surface area contributed by atoms with Crippen molar-refractivity contribution in [1.29, 1.82) is 0 Å². The summed E-state index contributed by atoms with van der Waals surface area (Å²) in [4.78, 5) is 0. The predicted octanol–water partition coefficient (Wildman–Crippen LogP) is 5.98. The lowest BCUT2D eigenvalue weighted by molar-refractivity contribution is -0.144. The first kappa shape index (κ1) is 13.4. The summed E-state index contributed by atoms with van der Waals surface area (Å²) in [5.41, 5.74) is 3.51. The van der Waals surface area contributed by atoms with Gasteiger partial charge in [0, 0.05) is 0 Å². The van der Waals surface area contributed by atoms with Gasteiger partial charge < -0.3 is 0 Å². The second-order valence-electron chi connectivity index (χ2n) is 9.67. The van der Waals surface area contributed by atoms with Crippen molar-refractivity contribution in [2.24, 2.45) is 34.0 Å². The Morgan fingerprint density at radius 2 is 1.75 bits per heavy atom. The van der Waals surface area contributed by atoms with Crippen molar-refractivity contribution in [1.82, 2.24) is 0 Å². The summed E-state index contributed by atoms with van der Waals surface area (Å²) in [5, 5.41) is 0. The lowest BCUT2D eigenvalue weighted by atomic mass is 9.41. The fraction of sp³-hybridized carbons (Fsp3) is 0.900. The van der Waals surface area contributed by atoms with Crippen LogP contribution in [0.5, 0.6) is 0 Å². The molecular formula is C20H32. The molecule has 4 fully saturated rings. The third-order valence-corrected chi connectivity index (χ3v) is 8.36. The SMILES string of the molecule is C=C1C[C@@]23CC[C@H]4C(C)(C)CCC[C@]4(C)[C@H]2CC[C@H]1C3. The predicted molar refractivity (Wildman–Crippen MR) is 85.5 cm³/mol. The Labute approximate surface area is 125 Å². The number of rotatable bonds is 0. The molecule has 2 bridgehead atoms. The maximum Gasteiger partial charge on any atom is -0.0200 e. The van der Waals surface area contributed by atoms with Crippen molar-refractivity contribution in [3.05, 3.63) is 12.2 Å². The lowest BCUT2D eigenvalue weighted by Gasteiger charge is -2.64. The molecule has 0 nitrogen and oxygen atoms in total. The Hall–Kier alpha value is -0.260. The van der Waals surface area contributed by atoms with E-state index in [1.165, 1.54) is 57.8 Å². The molecular weight excluding hydrogens is 240 g/mol. The zero-order valence-corrected chi connectivity index (χ0v) is 13.8. The summed E-state index contributed by atoms with van der Waals surface area (Å²) in [7, 11) is 0. The first-order valence-electron chi connectivity index (χ1n) is 9.05. The highest BCUT2D eigenvalue weighted by atomic mass is 14.7. The van der Waals surface area contributed by atoms with Gasteiger partial charge >= 0.3 is 0 Å². The number of allylic oxidation sites excluding steroid dienone is 1. The van der Waals surface area contributed by atoms with Gasteiger partial charge in [-0.1, -0.05) is 39.3 Å². The van der Waals surface area contributed by atoms with Crippen molar-refractivity contribution in [3.8, 4) is 0 Å². The molecule has 4 rings (SSSR count). The van der Waals surface area contributed by atoms with Gasteiger partial charge in [0.05, 0.1) is 0 Å². The smallest absolute Gasteiger partial charge is 0.0200 e. The summed E-state index contributed by atoms with van der Waals surface area (Å²) in [6.07, 6.45) is 13.3. The van der Waals surface area contributed by atoms with E-state index in [0.717, 1.165) is 17.8 Å². The molecule has 5 atom stereocenters. The zero-order valence-electron chi connectivity index (χ0n) is 13.8. The molecule has 0 saturated heterocycles. The fourth-order valence-electron chi connectivity index (χ4n) is 7.68. The number of hydrogen-bond acceptors (Lipinski definition) is 0. The third-order valence-electron chi connectivity index (χ3n) is 8.36. The van der Waals surface area contributed by atoms with Gasteiger partial charge in [-0.15, -0.1) is 0 Å². The maximum absolute atomic E-state index is 4.44. The van der Waals surface area contributed by atoms with E-state index in [-0.39, 0.29) is 0 Å². The fourth-order valence-corrected chi connectivity index (χ4v) is 7.68. The second-order valence-corrected chi connectivity index (χ2v) is 9.67. The largest absolute Gasteiger partial charge is 0.0996 e. The summed E-state index contributed by atoms with van der Waals surface area (Å²) in [6, 6.07) is 0. The highest BCUT2D eigenvalue weighted by Crippen LogP contribution is 2.72. The van der Waals surface area contributed by atoms with Gasteiger partial charge in [-0.25, -0.2) is 0 Å². The van der Waals surface area contributed by atoms with E-state index in [4.69, 9.17) is 0 Å². The van der Waals surface area contributed by atoms with Crippen LogP contribution in [0.4, 0.5) is 0 Å². The van der Waals surface area contributed by atoms with Crippen molar-refractivity contribution < 1.29 is 0 Å². The maximum atomic E-state index is 4.44. The normalized spacial score (nSPS) is 53.4. The first-order chi connectivity index (χ1) is 9.37. The molecule has 4 saturated carbocycles. The highest BCUT2D eigenvalue weighted by molar-refractivity contribution is 5.22. The first-order valence-corrected chi connectivity index (χ1v) is 9.05. The van der Waals surface area contributed by atoms with E-state index >= 15 is 0 Å². The number of hydrogen-bond donors (Lipinski definition) is 0. The Morgan fingerprint density at radius 3 is 2.55 bits per heavy atom. The standard InChI is InChI=1S/C20H32/c1-14-12-20-11-8-16-18(2,3)9-5-10-19(16,4)17(20)7-6-15(14)13-20/h15-17H,1,5-13H2,2-4H3/t15-,16-,17+,19-,20+/m0/s1. The molecule has 0 aromatic rings. The number of fused-ring (bicyclic) bond motifs is 3. The summed E-state index contributed by atoms with van der Waals surface area (Å²) >= 11 is 0. The average molecular weight is 272 g/mol. The summed E-state index contributed by atoms with van der Waals surface area (Å²) in [6.45, 7) is 12.2.